The summed E-state index contributed by atoms with van der Waals surface area (Å²) in [4.78, 5) is 11.3. The summed E-state index contributed by atoms with van der Waals surface area (Å²) in [7, 11) is 1.58. The number of para-hydroxylation sites is 1. The van der Waals surface area contributed by atoms with Crippen LogP contribution >= 0.6 is 0 Å². The molecule has 1 unspecified atom stereocenters. The lowest BCUT2D eigenvalue weighted by atomic mass is 10.1. The highest BCUT2D eigenvalue weighted by Gasteiger charge is 2.09. The van der Waals surface area contributed by atoms with Crippen LogP contribution in [0.15, 0.2) is 48.5 Å². The number of aliphatic hydroxyl groups is 1. The topological polar surface area (TPSA) is 70.6 Å². The second kappa shape index (κ2) is 9.05. The summed E-state index contributed by atoms with van der Waals surface area (Å²) in [5, 5.41) is 16.0. The Hall–Kier alpha value is -2.37. The minimum absolute atomic E-state index is 0.0145. The minimum atomic E-state index is -0.566. The van der Waals surface area contributed by atoms with Gasteiger partial charge in [0.05, 0.1) is 6.10 Å². The van der Waals surface area contributed by atoms with Gasteiger partial charge in [-0.1, -0.05) is 48.0 Å². The third kappa shape index (κ3) is 5.37. The molecule has 0 bridgehead atoms. The molecule has 0 aliphatic rings. The lowest BCUT2D eigenvalue weighted by Gasteiger charge is -2.15. The van der Waals surface area contributed by atoms with Crippen LogP contribution in [0, 0.1) is 6.92 Å². The maximum atomic E-state index is 11.3. The number of benzene rings is 2. The van der Waals surface area contributed by atoms with Crippen molar-refractivity contribution < 1.29 is 14.6 Å². The van der Waals surface area contributed by atoms with Crippen molar-refractivity contribution in [2.24, 2.45) is 0 Å². The van der Waals surface area contributed by atoms with E-state index in [2.05, 4.69) is 10.6 Å². The van der Waals surface area contributed by atoms with Crippen molar-refractivity contribution in [2.45, 2.75) is 19.6 Å². The largest absolute Gasteiger partial charge is 0.483 e. The second-order valence-electron chi connectivity index (χ2n) is 5.63. The summed E-state index contributed by atoms with van der Waals surface area (Å²) >= 11 is 0. The molecule has 5 nitrogen and oxygen atoms in total. The zero-order valence-corrected chi connectivity index (χ0v) is 14.1. The van der Waals surface area contributed by atoms with Crippen molar-refractivity contribution in [3.8, 4) is 5.75 Å². The van der Waals surface area contributed by atoms with Crippen LogP contribution in [0.2, 0.25) is 0 Å². The van der Waals surface area contributed by atoms with E-state index in [1.807, 2.05) is 55.5 Å². The monoisotopic (exact) mass is 328 g/mol. The molecule has 0 radical (unpaired) electrons. The highest BCUT2D eigenvalue weighted by Crippen LogP contribution is 2.18. The number of amides is 1. The van der Waals surface area contributed by atoms with E-state index < -0.39 is 6.10 Å². The average molecular weight is 328 g/mol. The molecule has 5 heteroatoms. The van der Waals surface area contributed by atoms with Crippen molar-refractivity contribution in [3.63, 3.8) is 0 Å². The van der Waals surface area contributed by atoms with Gasteiger partial charge in [-0.25, -0.2) is 0 Å². The van der Waals surface area contributed by atoms with E-state index in [1.54, 1.807) is 7.05 Å². The molecule has 0 aliphatic carbocycles. The molecule has 0 spiro atoms. The van der Waals surface area contributed by atoms with Crippen molar-refractivity contribution in [2.75, 3.05) is 20.2 Å². The molecule has 128 valence electrons. The maximum Gasteiger partial charge on any atom is 0.257 e. The zero-order chi connectivity index (χ0) is 17.4. The molecular weight excluding hydrogens is 304 g/mol. The van der Waals surface area contributed by atoms with E-state index in [0.29, 0.717) is 18.8 Å². The summed E-state index contributed by atoms with van der Waals surface area (Å²) in [5.41, 5.74) is 2.96. The molecule has 0 saturated heterocycles. The number of aliphatic hydroxyl groups excluding tert-OH is 1. The normalized spacial score (nSPS) is 11.8. The van der Waals surface area contributed by atoms with Gasteiger partial charge in [-0.3, -0.25) is 4.79 Å². The Bertz CT molecular complexity index is 673. The van der Waals surface area contributed by atoms with E-state index in [0.717, 1.165) is 16.7 Å². The van der Waals surface area contributed by atoms with Gasteiger partial charge in [0.25, 0.3) is 5.91 Å². The number of hydrogen-bond acceptors (Lipinski definition) is 4. The third-order valence-corrected chi connectivity index (χ3v) is 3.69. The number of carbonyl (C=O) groups is 1. The van der Waals surface area contributed by atoms with E-state index in [-0.39, 0.29) is 12.5 Å². The Morgan fingerprint density at radius 2 is 2.00 bits per heavy atom. The molecular formula is C19H24N2O3. The summed E-state index contributed by atoms with van der Waals surface area (Å²) < 4.78 is 5.53. The van der Waals surface area contributed by atoms with Crippen LogP contribution in [-0.4, -0.2) is 31.2 Å². The first-order chi connectivity index (χ1) is 11.6. The minimum Gasteiger partial charge on any atom is -0.483 e. The highest BCUT2D eigenvalue weighted by atomic mass is 16.5. The smallest absolute Gasteiger partial charge is 0.257 e. The van der Waals surface area contributed by atoms with Gasteiger partial charge >= 0.3 is 0 Å². The fourth-order valence-corrected chi connectivity index (χ4v) is 2.34. The molecule has 1 atom stereocenters. The van der Waals surface area contributed by atoms with Crippen LogP contribution in [0.25, 0.3) is 0 Å². The number of carbonyl (C=O) groups excluding carboxylic acids is 1. The third-order valence-electron chi connectivity index (χ3n) is 3.69. The lowest BCUT2D eigenvalue weighted by Crippen LogP contribution is -2.25. The van der Waals surface area contributed by atoms with Crippen molar-refractivity contribution in [3.05, 3.63) is 65.2 Å². The summed E-state index contributed by atoms with van der Waals surface area (Å²) in [5.74, 6) is 0.492. The van der Waals surface area contributed by atoms with Gasteiger partial charge in [-0.2, -0.15) is 0 Å². The Labute approximate surface area is 142 Å². The van der Waals surface area contributed by atoms with E-state index in [9.17, 15) is 9.90 Å². The molecule has 3 N–H and O–H groups in total. The molecule has 1 amide bonds. The van der Waals surface area contributed by atoms with Gasteiger partial charge in [-0.15, -0.1) is 0 Å². The first-order valence-electron chi connectivity index (χ1n) is 7.96. The Morgan fingerprint density at radius 1 is 1.21 bits per heavy atom. The van der Waals surface area contributed by atoms with E-state index in [4.69, 9.17) is 4.74 Å². The Morgan fingerprint density at radius 3 is 2.75 bits per heavy atom. The molecule has 2 aromatic carbocycles. The van der Waals surface area contributed by atoms with Crippen molar-refractivity contribution in [1.82, 2.24) is 10.6 Å². The van der Waals surface area contributed by atoms with Gasteiger partial charge in [0.15, 0.2) is 6.61 Å². The lowest BCUT2D eigenvalue weighted by molar-refractivity contribution is -0.122. The molecule has 24 heavy (non-hydrogen) atoms. The summed E-state index contributed by atoms with van der Waals surface area (Å²) in [6.45, 7) is 2.98. The van der Waals surface area contributed by atoms with Crippen LogP contribution < -0.4 is 15.4 Å². The molecule has 2 aromatic rings. The van der Waals surface area contributed by atoms with Crippen LogP contribution in [-0.2, 0) is 11.3 Å². The molecule has 0 aliphatic heterocycles. The van der Waals surface area contributed by atoms with Gasteiger partial charge in [0.1, 0.15) is 5.75 Å². The summed E-state index contributed by atoms with van der Waals surface area (Å²) in [6.07, 6.45) is -0.566. The molecule has 0 aromatic heterocycles. The zero-order valence-electron chi connectivity index (χ0n) is 14.1. The van der Waals surface area contributed by atoms with Crippen LogP contribution in [0.1, 0.15) is 22.8 Å². The predicted octanol–water partition coefficient (Wildman–Crippen LogP) is 1.94. The molecule has 0 fully saturated rings. The SMILES string of the molecule is CNC(=O)COc1ccccc1CNCC(O)c1cccc(C)c1. The van der Waals surface area contributed by atoms with Crippen molar-refractivity contribution >= 4 is 5.91 Å². The van der Waals surface area contributed by atoms with Crippen molar-refractivity contribution in [1.29, 1.82) is 0 Å². The van der Waals surface area contributed by atoms with Gasteiger partial charge < -0.3 is 20.5 Å². The van der Waals surface area contributed by atoms with Gasteiger partial charge in [0, 0.05) is 25.7 Å². The average Bonchev–Trinajstić information content (AvgIpc) is 2.60. The summed E-state index contributed by atoms with van der Waals surface area (Å²) in [6, 6.07) is 15.4. The second-order valence-corrected chi connectivity index (χ2v) is 5.63. The van der Waals surface area contributed by atoms with Gasteiger partial charge in [-0.05, 0) is 18.6 Å². The first kappa shape index (κ1) is 18.0. The predicted molar refractivity (Wildman–Crippen MR) is 93.8 cm³/mol. The van der Waals surface area contributed by atoms with Crippen LogP contribution in [0.3, 0.4) is 0 Å². The quantitative estimate of drug-likeness (QED) is 0.693. The highest BCUT2D eigenvalue weighted by molar-refractivity contribution is 5.77. The molecule has 0 heterocycles. The Balaban J connectivity index is 1.89. The Kier molecular flexibility index (Phi) is 6.78. The fourth-order valence-electron chi connectivity index (χ4n) is 2.34. The molecule has 0 saturated carbocycles. The van der Waals surface area contributed by atoms with Crippen LogP contribution in [0.5, 0.6) is 5.75 Å². The number of rotatable bonds is 8. The number of likely N-dealkylation sites (N-methyl/N-ethyl adjacent to an activating group) is 1. The number of aryl methyl sites for hydroxylation is 1. The van der Waals surface area contributed by atoms with Crippen LogP contribution in [0.4, 0.5) is 0 Å². The van der Waals surface area contributed by atoms with E-state index in [1.165, 1.54) is 0 Å². The van der Waals surface area contributed by atoms with Gasteiger partial charge in [0.2, 0.25) is 0 Å². The fraction of sp³-hybridized carbons (Fsp3) is 0.316. The number of nitrogens with one attached hydrogen (secondary N) is 2. The molecule has 2 rings (SSSR count). The maximum absolute atomic E-state index is 11.3. The first-order valence-corrected chi connectivity index (χ1v) is 7.96. The number of hydrogen-bond donors (Lipinski definition) is 3. The number of ether oxygens (including phenoxy) is 1. The standard InChI is InChI=1S/C19H24N2O3/c1-14-6-5-8-15(10-14)17(22)12-21-11-16-7-3-4-9-18(16)24-13-19(23)20-2/h3-10,17,21-22H,11-13H2,1-2H3,(H,20,23). The van der Waals surface area contributed by atoms with E-state index >= 15 is 0 Å².